The molecule has 2 atom stereocenters. The number of amides is 2. The molecule has 2 rings (SSSR count). The molecule has 10 heteroatoms. The molecule has 0 bridgehead atoms. The molecule has 0 aliphatic rings. The SMILES string of the molecule is Nc1ccc(-c2ccc(C(=O)N[C@H](C(=O)NO)[C@H](O)C(F)(F)F)cc2)cc1. The summed E-state index contributed by atoms with van der Waals surface area (Å²) in [6.07, 6.45) is -8.37. The number of anilines is 1. The van der Waals surface area contributed by atoms with Gasteiger partial charge in [0.2, 0.25) is 0 Å². The monoisotopic (exact) mass is 383 g/mol. The van der Waals surface area contributed by atoms with Gasteiger partial charge in [-0.2, -0.15) is 13.2 Å². The van der Waals surface area contributed by atoms with Crippen molar-refractivity contribution in [3.8, 4) is 11.1 Å². The number of carbonyl (C=O) groups excluding carboxylic acids is 2. The van der Waals surface area contributed by atoms with Gasteiger partial charge < -0.3 is 16.2 Å². The fourth-order valence-corrected chi connectivity index (χ4v) is 2.26. The van der Waals surface area contributed by atoms with Gasteiger partial charge in [-0.3, -0.25) is 14.8 Å². The Kier molecular flexibility index (Phi) is 6.03. The molecule has 0 aliphatic carbocycles. The van der Waals surface area contributed by atoms with Gasteiger partial charge in [-0.15, -0.1) is 0 Å². The van der Waals surface area contributed by atoms with Crippen LogP contribution in [0.2, 0.25) is 0 Å². The summed E-state index contributed by atoms with van der Waals surface area (Å²) in [6, 6.07) is 10.3. The summed E-state index contributed by atoms with van der Waals surface area (Å²) in [7, 11) is 0. The van der Waals surface area contributed by atoms with E-state index >= 15 is 0 Å². The topological polar surface area (TPSA) is 125 Å². The van der Waals surface area contributed by atoms with Gasteiger partial charge in [0.25, 0.3) is 11.8 Å². The zero-order valence-corrected chi connectivity index (χ0v) is 13.7. The van der Waals surface area contributed by atoms with E-state index < -0.39 is 30.1 Å². The first-order valence-electron chi connectivity index (χ1n) is 7.59. The summed E-state index contributed by atoms with van der Waals surface area (Å²) in [5.41, 5.74) is 8.66. The van der Waals surface area contributed by atoms with Gasteiger partial charge in [0.15, 0.2) is 6.10 Å². The second-order valence-corrected chi connectivity index (χ2v) is 5.61. The van der Waals surface area contributed by atoms with E-state index in [1.165, 1.54) is 12.1 Å². The fourth-order valence-electron chi connectivity index (χ4n) is 2.26. The largest absolute Gasteiger partial charge is 0.416 e. The summed E-state index contributed by atoms with van der Waals surface area (Å²) >= 11 is 0. The Morgan fingerprint density at radius 2 is 1.44 bits per heavy atom. The van der Waals surface area contributed by atoms with Crippen LogP contribution in [0.3, 0.4) is 0 Å². The molecule has 2 amide bonds. The molecule has 0 heterocycles. The second kappa shape index (κ2) is 8.06. The van der Waals surface area contributed by atoms with Gasteiger partial charge in [0.1, 0.15) is 6.04 Å². The van der Waals surface area contributed by atoms with Crippen LogP contribution < -0.4 is 16.5 Å². The zero-order valence-electron chi connectivity index (χ0n) is 13.7. The molecular formula is C17H16F3N3O4. The number of nitrogens with two attached hydrogens (primary N) is 1. The highest BCUT2D eigenvalue weighted by molar-refractivity contribution is 5.98. The van der Waals surface area contributed by atoms with Crippen molar-refractivity contribution in [2.75, 3.05) is 5.73 Å². The maximum absolute atomic E-state index is 12.6. The number of hydrogen-bond acceptors (Lipinski definition) is 5. The lowest BCUT2D eigenvalue weighted by atomic mass is 10.0. The lowest BCUT2D eigenvalue weighted by Gasteiger charge is -2.24. The molecule has 6 N–H and O–H groups in total. The fraction of sp³-hybridized carbons (Fsp3) is 0.176. The number of rotatable bonds is 5. The number of halogens is 3. The second-order valence-electron chi connectivity index (χ2n) is 5.61. The minimum absolute atomic E-state index is 0.0423. The van der Waals surface area contributed by atoms with Crippen molar-refractivity contribution < 1.29 is 33.1 Å². The quantitative estimate of drug-likeness (QED) is 0.304. The van der Waals surface area contributed by atoms with Crippen LogP contribution in [-0.2, 0) is 4.79 Å². The molecule has 0 saturated carbocycles. The number of carbonyl (C=O) groups is 2. The maximum atomic E-state index is 12.6. The van der Waals surface area contributed by atoms with Crippen LogP contribution in [0, 0.1) is 0 Å². The minimum Gasteiger partial charge on any atom is -0.399 e. The molecule has 0 radical (unpaired) electrons. The van der Waals surface area contributed by atoms with Crippen molar-refractivity contribution in [2.45, 2.75) is 18.3 Å². The first-order chi connectivity index (χ1) is 12.6. The molecule has 0 unspecified atom stereocenters. The van der Waals surface area contributed by atoms with Crippen LogP contribution in [0.5, 0.6) is 0 Å². The molecule has 2 aromatic rings. The molecule has 7 nitrogen and oxygen atoms in total. The van der Waals surface area contributed by atoms with Crippen molar-refractivity contribution in [2.24, 2.45) is 0 Å². The average Bonchev–Trinajstić information content (AvgIpc) is 2.64. The first kappa shape index (κ1) is 20.2. The van der Waals surface area contributed by atoms with E-state index in [-0.39, 0.29) is 5.56 Å². The third-order valence-electron chi connectivity index (χ3n) is 3.72. The van der Waals surface area contributed by atoms with Crippen LogP contribution in [0.4, 0.5) is 18.9 Å². The van der Waals surface area contributed by atoms with E-state index in [2.05, 4.69) is 0 Å². The zero-order chi connectivity index (χ0) is 20.2. The molecule has 0 aliphatic heterocycles. The molecule has 0 fully saturated rings. The van der Waals surface area contributed by atoms with Gasteiger partial charge in [-0.05, 0) is 35.4 Å². The van der Waals surface area contributed by atoms with Crippen LogP contribution in [-0.4, -0.2) is 40.5 Å². The first-order valence-corrected chi connectivity index (χ1v) is 7.59. The van der Waals surface area contributed by atoms with E-state index in [1.54, 1.807) is 41.7 Å². The molecule has 0 spiro atoms. The van der Waals surface area contributed by atoms with Gasteiger partial charge in [0.05, 0.1) is 0 Å². The molecule has 0 saturated heterocycles. The molecule has 27 heavy (non-hydrogen) atoms. The van der Waals surface area contributed by atoms with E-state index in [1.807, 2.05) is 0 Å². The van der Waals surface area contributed by atoms with Gasteiger partial charge in [-0.25, -0.2) is 5.48 Å². The van der Waals surface area contributed by atoms with Crippen LogP contribution in [0.15, 0.2) is 48.5 Å². The number of benzene rings is 2. The van der Waals surface area contributed by atoms with E-state index in [0.717, 1.165) is 16.6 Å². The summed E-state index contributed by atoms with van der Waals surface area (Å²) in [6.45, 7) is 0. The highest BCUT2D eigenvalue weighted by Crippen LogP contribution is 2.24. The smallest absolute Gasteiger partial charge is 0.399 e. The molecule has 2 aromatic carbocycles. The lowest BCUT2D eigenvalue weighted by molar-refractivity contribution is -0.212. The van der Waals surface area contributed by atoms with Gasteiger partial charge in [0, 0.05) is 11.3 Å². The predicted octanol–water partition coefficient (Wildman–Crippen LogP) is 1.46. The molecular weight excluding hydrogens is 367 g/mol. The summed E-state index contributed by atoms with van der Waals surface area (Å²) in [5.74, 6) is -2.64. The Hall–Kier alpha value is -3.11. The van der Waals surface area contributed by atoms with Crippen molar-refractivity contribution in [1.82, 2.24) is 10.8 Å². The maximum Gasteiger partial charge on any atom is 0.416 e. The molecule has 144 valence electrons. The number of hydrogen-bond donors (Lipinski definition) is 5. The van der Waals surface area contributed by atoms with Crippen molar-refractivity contribution >= 4 is 17.5 Å². The van der Waals surface area contributed by atoms with Crippen molar-refractivity contribution in [3.05, 3.63) is 54.1 Å². The Balaban J connectivity index is 2.18. The number of aliphatic hydroxyl groups is 1. The van der Waals surface area contributed by atoms with Crippen LogP contribution in [0.1, 0.15) is 10.4 Å². The summed E-state index contributed by atoms with van der Waals surface area (Å²) in [4.78, 5) is 23.5. The van der Waals surface area contributed by atoms with E-state index in [9.17, 15) is 27.9 Å². The van der Waals surface area contributed by atoms with Crippen molar-refractivity contribution in [1.29, 1.82) is 0 Å². The number of nitrogens with one attached hydrogen (secondary N) is 2. The number of hydroxylamine groups is 1. The van der Waals surface area contributed by atoms with E-state index in [0.29, 0.717) is 5.69 Å². The third-order valence-corrected chi connectivity index (χ3v) is 3.72. The standard InChI is InChI=1S/C17H16F3N3O4/c18-17(19,20)14(24)13(16(26)23-27)22-15(25)11-3-1-9(2-4-11)10-5-7-12(21)8-6-10/h1-8,13-14,24,27H,21H2,(H,22,25)(H,23,26)/t13-,14-/m0/s1. The van der Waals surface area contributed by atoms with Gasteiger partial charge in [-0.1, -0.05) is 24.3 Å². The van der Waals surface area contributed by atoms with E-state index in [4.69, 9.17) is 10.9 Å². The van der Waals surface area contributed by atoms with Gasteiger partial charge >= 0.3 is 6.18 Å². The number of nitrogen functional groups attached to an aromatic ring is 1. The summed E-state index contributed by atoms with van der Waals surface area (Å²) in [5, 5.41) is 19.5. The normalized spacial score (nSPS) is 13.5. The van der Waals surface area contributed by atoms with Crippen molar-refractivity contribution in [3.63, 3.8) is 0 Å². The van der Waals surface area contributed by atoms with Crippen LogP contribution in [0.25, 0.3) is 11.1 Å². The Labute approximate surface area is 151 Å². The Morgan fingerprint density at radius 3 is 1.89 bits per heavy atom. The average molecular weight is 383 g/mol. The number of aliphatic hydroxyl groups excluding tert-OH is 1. The Bertz CT molecular complexity index is 808. The highest BCUT2D eigenvalue weighted by atomic mass is 19.4. The summed E-state index contributed by atoms with van der Waals surface area (Å²) < 4.78 is 37.9. The Morgan fingerprint density at radius 1 is 0.963 bits per heavy atom. The molecule has 0 aromatic heterocycles. The lowest BCUT2D eigenvalue weighted by Crippen LogP contribution is -2.57. The highest BCUT2D eigenvalue weighted by Gasteiger charge is 2.47. The minimum atomic E-state index is -5.18. The van der Waals surface area contributed by atoms with Crippen LogP contribution >= 0.6 is 0 Å². The third kappa shape index (κ3) is 4.96. The predicted molar refractivity (Wildman–Crippen MR) is 89.5 cm³/mol. The number of alkyl halides is 3.